The van der Waals surface area contributed by atoms with Crippen LogP contribution in [-0.4, -0.2) is 11.2 Å². The second-order valence-electron chi connectivity index (χ2n) is 3.05. The van der Waals surface area contributed by atoms with Gasteiger partial charge in [-0.15, -0.1) is 0 Å². The van der Waals surface area contributed by atoms with E-state index >= 15 is 0 Å². The maximum absolute atomic E-state index is 5.31. The van der Waals surface area contributed by atoms with Crippen molar-refractivity contribution < 1.29 is 4.74 Å². The summed E-state index contributed by atoms with van der Waals surface area (Å²) in [6.45, 7) is 7.66. The van der Waals surface area contributed by atoms with Crippen LogP contribution in [0, 0.1) is 13.8 Å². The van der Waals surface area contributed by atoms with Gasteiger partial charge in [-0.1, -0.05) is 6.58 Å². The van der Waals surface area contributed by atoms with Crippen LogP contribution < -0.4 is 4.74 Å². The molecule has 2 rings (SSSR count). The Labute approximate surface area is 76.8 Å². The molecule has 0 radical (unpaired) electrons. The van der Waals surface area contributed by atoms with Gasteiger partial charge >= 0.3 is 0 Å². The minimum atomic E-state index is 0.531. The predicted molar refractivity (Wildman–Crippen MR) is 51.6 cm³/mol. The van der Waals surface area contributed by atoms with Crippen LogP contribution in [-0.2, 0) is 0 Å². The van der Waals surface area contributed by atoms with Gasteiger partial charge in [0.25, 0.3) is 0 Å². The Kier molecular flexibility index (Phi) is 1.65. The van der Waals surface area contributed by atoms with Crippen molar-refractivity contribution in [3.63, 3.8) is 0 Å². The first-order chi connectivity index (χ1) is 6.18. The van der Waals surface area contributed by atoms with E-state index < -0.39 is 0 Å². The largest absolute Gasteiger partial charge is 0.436 e. The molecule has 0 aliphatic carbocycles. The summed E-state index contributed by atoms with van der Waals surface area (Å²) in [7, 11) is 0. The smallest absolute Gasteiger partial charge is 0.245 e. The van der Waals surface area contributed by atoms with Crippen LogP contribution in [0.4, 0.5) is 5.69 Å². The average molecular weight is 174 g/mol. The van der Waals surface area contributed by atoms with Gasteiger partial charge < -0.3 is 4.74 Å². The zero-order valence-corrected chi connectivity index (χ0v) is 7.66. The number of rotatable bonds is 0. The van der Waals surface area contributed by atoms with Gasteiger partial charge in [0, 0.05) is 6.20 Å². The van der Waals surface area contributed by atoms with E-state index in [1.54, 1.807) is 12.4 Å². The Hall–Kier alpha value is -1.64. The molecule has 1 aliphatic heterocycles. The highest BCUT2D eigenvalue weighted by molar-refractivity contribution is 5.82. The lowest BCUT2D eigenvalue weighted by Crippen LogP contribution is -2.03. The van der Waals surface area contributed by atoms with Crippen LogP contribution in [0.25, 0.3) is 0 Å². The first-order valence-corrected chi connectivity index (χ1v) is 4.05. The van der Waals surface area contributed by atoms with E-state index in [2.05, 4.69) is 16.6 Å². The fourth-order valence-corrected chi connectivity index (χ4v) is 1.17. The lowest BCUT2D eigenvalue weighted by Gasteiger charge is -2.14. The highest BCUT2D eigenvalue weighted by Crippen LogP contribution is 2.33. The number of nitrogens with zero attached hydrogens (tertiary/aromatic N) is 2. The highest BCUT2D eigenvalue weighted by Gasteiger charge is 2.14. The maximum atomic E-state index is 5.31. The van der Waals surface area contributed by atoms with Crippen LogP contribution in [0.5, 0.6) is 5.88 Å². The van der Waals surface area contributed by atoms with Gasteiger partial charge in [-0.2, -0.15) is 0 Å². The number of allylic oxidation sites excluding steroid dienone is 1. The second-order valence-corrected chi connectivity index (χ2v) is 3.05. The lowest BCUT2D eigenvalue weighted by atomic mass is 10.1. The number of fused-ring (bicyclic) bond motifs is 1. The highest BCUT2D eigenvalue weighted by atomic mass is 16.5. The Balaban J connectivity index is 2.63. The third kappa shape index (κ3) is 1.22. The van der Waals surface area contributed by atoms with Crippen molar-refractivity contribution in [2.24, 2.45) is 4.99 Å². The number of aromatic nitrogens is 1. The fourth-order valence-electron chi connectivity index (χ4n) is 1.17. The topological polar surface area (TPSA) is 34.5 Å². The molecule has 3 heteroatoms. The minimum Gasteiger partial charge on any atom is -0.436 e. The Bertz CT molecular complexity index is 408. The summed E-state index contributed by atoms with van der Waals surface area (Å²) in [4.78, 5) is 8.36. The molecule has 0 saturated carbocycles. The van der Waals surface area contributed by atoms with Crippen LogP contribution >= 0.6 is 0 Å². The molecule has 0 bridgehead atoms. The van der Waals surface area contributed by atoms with Crippen molar-refractivity contribution in [3.8, 4) is 5.88 Å². The Morgan fingerprint density at radius 1 is 1.38 bits per heavy atom. The monoisotopic (exact) mass is 174 g/mol. The van der Waals surface area contributed by atoms with E-state index in [9.17, 15) is 0 Å². The third-order valence-corrected chi connectivity index (χ3v) is 2.09. The summed E-state index contributed by atoms with van der Waals surface area (Å²) in [5.74, 6) is 1.08. The van der Waals surface area contributed by atoms with Crippen molar-refractivity contribution >= 4 is 11.9 Å². The summed E-state index contributed by atoms with van der Waals surface area (Å²) in [6.07, 6.45) is 3.39. The van der Waals surface area contributed by atoms with Crippen molar-refractivity contribution in [2.45, 2.75) is 13.8 Å². The Morgan fingerprint density at radius 2 is 2.15 bits per heavy atom. The van der Waals surface area contributed by atoms with Gasteiger partial charge in [0.15, 0.2) is 0 Å². The molecule has 0 fully saturated rings. The van der Waals surface area contributed by atoms with Crippen LogP contribution in [0.1, 0.15) is 11.1 Å². The van der Waals surface area contributed by atoms with Crippen LogP contribution in [0.3, 0.4) is 0 Å². The van der Waals surface area contributed by atoms with Crippen molar-refractivity contribution in [1.82, 2.24) is 4.98 Å². The molecule has 1 aliphatic rings. The summed E-state index contributed by atoms with van der Waals surface area (Å²) in [6, 6.07) is 0. The molecule has 0 atom stereocenters. The van der Waals surface area contributed by atoms with E-state index in [-0.39, 0.29) is 0 Å². The van der Waals surface area contributed by atoms with Gasteiger partial charge in [-0.25, -0.2) is 9.98 Å². The molecular formula is C10H10N2O. The molecule has 0 N–H and O–H groups in total. The number of hydrogen-bond donors (Lipinski definition) is 0. The molecule has 1 aromatic heterocycles. The van der Waals surface area contributed by atoms with E-state index in [4.69, 9.17) is 4.74 Å². The van der Waals surface area contributed by atoms with Gasteiger partial charge in [0.1, 0.15) is 11.4 Å². The summed E-state index contributed by atoms with van der Waals surface area (Å²) < 4.78 is 5.31. The molecule has 2 heterocycles. The van der Waals surface area contributed by atoms with Gasteiger partial charge in [0.2, 0.25) is 5.88 Å². The summed E-state index contributed by atoms with van der Waals surface area (Å²) >= 11 is 0. The van der Waals surface area contributed by atoms with E-state index in [1.165, 1.54) is 0 Å². The summed E-state index contributed by atoms with van der Waals surface area (Å²) in [5.41, 5.74) is 3.04. The van der Waals surface area contributed by atoms with Gasteiger partial charge in [-0.3, -0.25) is 0 Å². The first-order valence-electron chi connectivity index (χ1n) is 4.05. The normalized spacial score (nSPS) is 13.8. The van der Waals surface area contributed by atoms with Crippen molar-refractivity contribution in [2.75, 3.05) is 0 Å². The fraction of sp³-hybridized carbons (Fsp3) is 0.200. The van der Waals surface area contributed by atoms with E-state index in [0.717, 1.165) is 16.8 Å². The molecular weight excluding hydrogens is 164 g/mol. The zero-order valence-electron chi connectivity index (χ0n) is 7.66. The molecule has 0 amide bonds. The number of aliphatic imine (C=N–C) groups is 1. The maximum Gasteiger partial charge on any atom is 0.245 e. The average Bonchev–Trinajstić information content (AvgIpc) is 2.12. The minimum absolute atomic E-state index is 0.531. The molecule has 0 unspecified atom stereocenters. The van der Waals surface area contributed by atoms with E-state index in [0.29, 0.717) is 11.6 Å². The van der Waals surface area contributed by atoms with E-state index in [1.807, 2.05) is 13.8 Å². The number of pyridine rings is 1. The lowest BCUT2D eigenvalue weighted by molar-refractivity contribution is 0.437. The molecule has 66 valence electrons. The summed E-state index contributed by atoms with van der Waals surface area (Å²) in [5, 5.41) is 0. The van der Waals surface area contributed by atoms with Gasteiger partial charge in [0.05, 0.1) is 6.21 Å². The number of ether oxygens (including phenoxy) is 1. The predicted octanol–water partition coefficient (Wildman–Crippen LogP) is 2.31. The van der Waals surface area contributed by atoms with Crippen molar-refractivity contribution in [1.29, 1.82) is 0 Å². The molecule has 0 spiro atoms. The molecule has 1 aromatic rings. The SMILES string of the molecule is C=C1C=Nc2c(ncc(C)c2C)O1. The first kappa shape index (κ1) is 7.98. The molecule has 13 heavy (non-hydrogen) atoms. The quantitative estimate of drug-likeness (QED) is 0.604. The van der Waals surface area contributed by atoms with Crippen molar-refractivity contribution in [3.05, 3.63) is 29.7 Å². The standard InChI is InChI=1S/C10H10N2O/c1-6-4-12-10-9(8(6)3)11-5-7(2)13-10/h4-5H,2H2,1,3H3. The second kappa shape index (κ2) is 2.69. The zero-order chi connectivity index (χ0) is 9.42. The number of hydrogen-bond acceptors (Lipinski definition) is 3. The Morgan fingerprint density at radius 3 is 2.92 bits per heavy atom. The molecule has 0 aromatic carbocycles. The van der Waals surface area contributed by atoms with Crippen LogP contribution in [0.2, 0.25) is 0 Å². The molecule has 3 nitrogen and oxygen atoms in total. The molecule has 0 saturated heterocycles. The van der Waals surface area contributed by atoms with Crippen LogP contribution in [0.15, 0.2) is 23.5 Å². The third-order valence-electron chi connectivity index (χ3n) is 2.09. The van der Waals surface area contributed by atoms with Gasteiger partial charge in [-0.05, 0) is 25.0 Å². The number of aryl methyl sites for hydroxylation is 1.